The first-order valence-electron chi connectivity index (χ1n) is 14.1. The molecule has 1 fully saturated rings. The zero-order valence-corrected chi connectivity index (χ0v) is 26.4. The zero-order valence-electron chi connectivity index (χ0n) is 24.8. The molecule has 0 saturated heterocycles. The lowest BCUT2D eigenvalue weighted by molar-refractivity contribution is -0.169. The van der Waals surface area contributed by atoms with Crippen LogP contribution >= 0.6 is 15.9 Å². The molecular formula is C31H29BrF3N3O9. The van der Waals surface area contributed by atoms with Gasteiger partial charge in [0.15, 0.2) is 11.4 Å². The number of fused-ring (bicyclic) bond motifs is 3. The molecule has 1 saturated carbocycles. The first-order chi connectivity index (χ1) is 21.8. The Labute approximate surface area is 273 Å². The van der Waals surface area contributed by atoms with Gasteiger partial charge in [0.05, 0.1) is 34.9 Å². The molecule has 0 aromatic heterocycles. The smallest absolute Gasteiger partial charge is 0.416 e. The van der Waals surface area contributed by atoms with E-state index in [1.807, 2.05) is 0 Å². The van der Waals surface area contributed by atoms with Gasteiger partial charge in [0.1, 0.15) is 27.7 Å². The van der Waals surface area contributed by atoms with Crippen LogP contribution in [0.4, 0.5) is 18.9 Å². The molecule has 0 radical (unpaired) electrons. The summed E-state index contributed by atoms with van der Waals surface area (Å²) >= 11 is 3.12. The molecule has 2 aromatic rings. The number of alkyl halides is 4. The van der Waals surface area contributed by atoms with Gasteiger partial charge in [-0.1, -0.05) is 41.1 Å². The van der Waals surface area contributed by atoms with Gasteiger partial charge in [0.25, 0.3) is 5.91 Å². The molecule has 12 nitrogen and oxygen atoms in total. The molecule has 250 valence electrons. The summed E-state index contributed by atoms with van der Waals surface area (Å²) in [5, 5.41) is 59.6. The lowest BCUT2D eigenvalue weighted by atomic mass is 9.54. The van der Waals surface area contributed by atoms with E-state index < -0.39 is 104 Å². The first-order valence-corrected chi connectivity index (χ1v) is 15.0. The molecule has 16 heteroatoms. The number of phenolic OH excluding ortho intramolecular Hbond substituents is 1. The summed E-state index contributed by atoms with van der Waals surface area (Å²) in [7, 11) is 2.79. The molecule has 47 heavy (non-hydrogen) atoms. The Balaban J connectivity index is 1.58. The van der Waals surface area contributed by atoms with Crippen molar-refractivity contribution in [3.8, 4) is 5.75 Å². The van der Waals surface area contributed by atoms with Gasteiger partial charge in [-0.3, -0.25) is 24.1 Å². The van der Waals surface area contributed by atoms with Gasteiger partial charge in [-0.2, -0.15) is 13.2 Å². The maximum absolute atomic E-state index is 14.1. The Morgan fingerprint density at radius 2 is 1.66 bits per heavy atom. The fraction of sp³-hybridized carbons (Fsp3) is 0.355. The zero-order chi connectivity index (χ0) is 35.1. The molecule has 3 aliphatic carbocycles. The number of hydrogen-bond acceptors (Lipinski definition) is 10. The molecule has 0 bridgehead atoms. The van der Waals surface area contributed by atoms with Crippen molar-refractivity contribution in [1.29, 1.82) is 0 Å². The normalized spacial score (nSPS) is 28.1. The van der Waals surface area contributed by atoms with Gasteiger partial charge in [-0.05, 0) is 49.3 Å². The Hall–Kier alpha value is -4.25. The molecule has 5 rings (SSSR count). The largest absolute Gasteiger partial charge is 0.508 e. The number of aliphatic hydroxyl groups excluding tert-OH is 3. The molecule has 0 aliphatic heterocycles. The number of aromatic hydroxyl groups is 1. The number of likely N-dealkylation sites (N-methyl/N-ethyl adjacent to an activating group) is 1. The number of halogens is 4. The van der Waals surface area contributed by atoms with E-state index in [4.69, 9.17) is 5.73 Å². The second-order valence-electron chi connectivity index (χ2n) is 11.9. The Morgan fingerprint density at radius 1 is 1.06 bits per heavy atom. The van der Waals surface area contributed by atoms with Crippen LogP contribution in [-0.2, 0) is 25.4 Å². The number of carbonyl (C=O) groups excluding carboxylic acids is 4. The summed E-state index contributed by atoms with van der Waals surface area (Å²) in [4.78, 5) is 52.7. The van der Waals surface area contributed by atoms with Crippen molar-refractivity contribution >= 4 is 50.8 Å². The maximum Gasteiger partial charge on any atom is 0.416 e. The summed E-state index contributed by atoms with van der Waals surface area (Å²) < 4.78 is 38.9. The number of nitrogens with zero attached hydrogens (tertiary/aromatic N) is 1. The molecule has 2 aromatic carbocycles. The lowest BCUT2D eigenvalue weighted by Crippen LogP contribution is -2.70. The number of primary amides is 1. The number of nitrogens with one attached hydrogen (secondary N) is 1. The summed E-state index contributed by atoms with van der Waals surface area (Å²) in [6.45, 7) is 1.55. The van der Waals surface area contributed by atoms with Crippen molar-refractivity contribution in [3.05, 3.63) is 75.6 Å². The molecule has 3 aliphatic rings. The Kier molecular flexibility index (Phi) is 8.32. The van der Waals surface area contributed by atoms with Gasteiger partial charge in [-0.15, -0.1) is 0 Å². The van der Waals surface area contributed by atoms with E-state index in [9.17, 15) is 57.9 Å². The molecule has 0 spiro atoms. The third-order valence-electron chi connectivity index (χ3n) is 9.15. The number of carbonyl (C=O) groups is 4. The number of rotatable bonds is 5. The minimum absolute atomic E-state index is 0.157. The minimum Gasteiger partial charge on any atom is -0.508 e. The Bertz CT molecular complexity index is 1790. The highest BCUT2D eigenvalue weighted by Gasteiger charge is 2.68. The van der Waals surface area contributed by atoms with Crippen LogP contribution in [-0.4, -0.2) is 85.7 Å². The topological polar surface area (TPSA) is 211 Å². The standard InChI is InChI=1S/C31H29BrF3N3O9/c1-10-13-8-9-14(37-29(46)20(32)11-4-6-12(7-5-11)31(33,34)35)22(39)16(13)23(40)17-15(10)24(41)19-21(38(2)3)25(42)18(28(36)45)27(44)30(19,47)26(17)43/h4-10,15,19-21,24,39-41,44,47H,1-3H3,(H2,36,45)(H,37,46)/t10?,15?,19?,20?,21-,24?,30?/m0/s1. The molecule has 8 N–H and O–H groups in total. The van der Waals surface area contributed by atoms with E-state index in [1.54, 1.807) is 6.92 Å². The van der Waals surface area contributed by atoms with Crippen molar-refractivity contribution in [3.63, 3.8) is 0 Å². The molecular weight excluding hydrogens is 695 g/mol. The summed E-state index contributed by atoms with van der Waals surface area (Å²) in [6.07, 6.45) is -6.36. The van der Waals surface area contributed by atoms with Crippen molar-refractivity contribution in [1.82, 2.24) is 4.90 Å². The van der Waals surface area contributed by atoms with Crippen LogP contribution in [0.25, 0.3) is 5.76 Å². The number of nitrogens with two attached hydrogens (primary N) is 1. The lowest BCUT2D eigenvalue weighted by Gasteiger charge is -2.53. The van der Waals surface area contributed by atoms with E-state index in [2.05, 4.69) is 21.2 Å². The fourth-order valence-corrected chi connectivity index (χ4v) is 7.33. The van der Waals surface area contributed by atoms with Crippen LogP contribution in [0, 0.1) is 11.8 Å². The summed E-state index contributed by atoms with van der Waals surface area (Å²) in [6, 6.07) is 4.97. The van der Waals surface area contributed by atoms with E-state index in [0.29, 0.717) is 0 Å². The maximum atomic E-state index is 14.1. The van der Waals surface area contributed by atoms with Gasteiger partial charge >= 0.3 is 6.18 Å². The van der Waals surface area contributed by atoms with Crippen LogP contribution < -0.4 is 11.1 Å². The number of phenols is 1. The predicted octanol–water partition coefficient (Wildman–Crippen LogP) is 2.59. The number of Topliss-reactive ketones (excluding diaryl/α,β-unsaturated/α-hetero) is 2. The van der Waals surface area contributed by atoms with Crippen LogP contribution in [0.5, 0.6) is 5.75 Å². The van der Waals surface area contributed by atoms with Crippen molar-refractivity contribution < 1.29 is 57.9 Å². The van der Waals surface area contributed by atoms with Gasteiger partial charge in [0.2, 0.25) is 11.7 Å². The average molecular weight is 724 g/mol. The van der Waals surface area contributed by atoms with E-state index in [1.165, 1.54) is 31.1 Å². The van der Waals surface area contributed by atoms with Gasteiger partial charge in [-0.25, -0.2) is 0 Å². The van der Waals surface area contributed by atoms with Crippen LogP contribution in [0.1, 0.15) is 39.9 Å². The van der Waals surface area contributed by atoms with Gasteiger partial charge < -0.3 is 36.6 Å². The molecule has 0 heterocycles. The SMILES string of the molecule is CC1c2ccc(NC(=O)C(Br)c3ccc(C(F)(F)F)cc3)c(O)c2C(O)=C2C(=O)C3(O)C(O)=C(C(N)=O)C(=O)[C@@H](N(C)C)C3C(O)C21. The third-order valence-corrected chi connectivity index (χ3v) is 10.1. The quantitative estimate of drug-likeness (QED) is 0.136. The minimum atomic E-state index is -4.59. The number of ketones is 2. The second kappa shape index (κ2) is 11.5. The van der Waals surface area contributed by atoms with E-state index in [-0.39, 0.29) is 22.4 Å². The molecule has 2 amide bonds. The van der Waals surface area contributed by atoms with Crippen LogP contribution in [0.15, 0.2) is 53.3 Å². The predicted molar refractivity (Wildman–Crippen MR) is 162 cm³/mol. The number of hydrogen-bond donors (Lipinski definition) is 7. The number of amides is 2. The van der Waals surface area contributed by atoms with Crippen LogP contribution in [0.2, 0.25) is 0 Å². The summed E-state index contributed by atoms with van der Waals surface area (Å²) in [5.41, 5.74) is -0.595. The van der Waals surface area contributed by atoms with Gasteiger partial charge in [0, 0.05) is 11.5 Å². The van der Waals surface area contributed by atoms with Crippen LogP contribution in [0.3, 0.4) is 0 Å². The first kappa shape index (κ1) is 34.1. The average Bonchev–Trinajstić information content (AvgIpc) is 2.99. The monoisotopic (exact) mass is 723 g/mol. The van der Waals surface area contributed by atoms with Crippen molar-refractivity contribution in [2.45, 2.75) is 41.6 Å². The Morgan fingerprint density at radius 3 is 2.19 bits per heavy atom. The van der Waals surface area contributed by atoms with E-state index >= 15 is 0 Å². The third kappa shape index (κ3) is 5.01. The highest BCUT2D eigenvalue weighted by atomic mass is 79.9. The van der Waals surface area contributed by atoms with E-state index in [0.717, 1.165) is 24.3 Å². The molecule has 6 unspecified atom stereocenters. The fourth-order valence-electron chi connectivity index (χ4n) is 6.91. The highest BCUT2D eigenvalue weighted by molar-refractivity contribution is 9.09. The number of anilines is 1. The number of benzene rings is 2. The van der Waals surface area contributed by atoms with Crippen molar-refractivity contribution in [2.24, 2.45) is 17.6 Å². The van der Waals surface area contributed by atoms with Crippen molar-refractivity contribution in [2.75, 3.05) is 19.4 Å². The number of aliphatic hydroxyl groups is 4. The summed E-state index contributed by atoms with van der Waals surface area (Å²) in [5.74, 6) is -11.5. The molecule has 7 atom stereocenters. The highest BCUT2D eigenvalue weighted by Crippen LogP contribution is 2.56. The second-order valence-corrected chi connectivity index (χ2v) is 12.9.